The first-order valence-corrected chi connectivity index (χ1v) is 9.04. The van der Waals surface area contributed by atoms with Gasteiger partial charge in [-0.1, -0.05) is 24.3 Å². The topological polar surface area (TPSA) is 70.7 Å². The van der Waals surface area contributed by atoms with Crippen LogP contribution in [-0.4, -0.2) is 38.7 Å². The molecular formula is C21H27N3O3. The molecule has 27 heavy (non-hydrogen) atoms. The summed E-state index contributed by atoms with van der Waals surface area (Å²) in [5, 5.41) is 5.69. The van der Waals surface area contributed by atoms with Gasteiger partial charge in [0, 0.05) is 31.9 Å². The largest absolute Gasteiger partial charge is 0.465 e. The number of aryl methyl sites for hydroxylation is 1. The Morgan fingerprint density at radius 1 is 1.07 bits per heavy atom. The summed E-state index contributed by atoms with van der Waals surface area (Å²) >= 11 is 0. The molecule has 0 aliphatic heterocycles. The zero-order valence-corrected chi connectivity index (χ0v) is 16.1. The monoisotopic (exact) mass is 369 g/mol. The molecule has 0 aromatic heterocycles. The standard InChI is InChI=1S/C21H27N3O3/c1-4-24(19-7-5-6-16(2)14-19)13-12-22-21(26)23-15-17-8-10-18(11-9-17)20(25)27-3/h5-11,14H,4,12-13,15H2,1-3H3,(H2,22,23,26). The van der Waals surface area contributed by atoms with Crippen molar-refractivity contribution in [2.75, 3.05) is 31.6 Å². The molecule has 0 saturated carbocycles. The van der Waals surface area contributed by atoms with Crippen LogP contribution < -0.4 is 15.5 Å². The molecule has 0 fully saturated rings. The van der Waals surface area contributed by atoms with Crippen LogP contribution in [0.15, 0.2) is 48.5 Å². The molecule has 2 rings (SSSR count). The minimum absolute atomic E-state index is 0.215. The van der Waals surface area contributed by atoms with Crippen LogP contribution in [0.5, 0.6) is 0 Å². The van der Waals surface area contributed by atoms with Crippen LogP contribution in [0.25, 0.3) is 0 Å². The fourth-order valence-electron chi connectivity index (χ4n) is 2.72. The smallest absolute Gasteiger partial charge is 0.337 e. The fourth-order valence-corrected chi connectivity index (χ4v) is 2.72. The number of amides is 2. The summed E-state index contributed by atoms with van der Waals surface area (Å²) in [6.45, 7) is 6.72. The normalized spacial score (nSPS) is 10.2. The van der Waals surface area contributed by atoms with E-state index in [1.165, 1.54) is 12.7 Å². The van der Waals surface area contributed by atoms with Crippen molar-refractivity contribution in [1.29, 1.82) is 0 Å². The molecule has 6 nitrogen and oxygen atoms in total. The van der Waals surface area contributed by atoms with Crippen molar-refractivity contribution < 1.29 is 14.3 Å². The van der Waals surface area contributed by atoms with Crippen LogP contribution in [0.3, 0.4) is 0 Å². The predicted molar refractivity (Wildman–Crippen MR) is 107 cm³/mol. The molecule has 0 spiro atoms. The van der Waals surface area contributed by atoms with Crippen molar-refractivity contribution in [3.05, 3.63) is 65.2 Å². The van der Waals surface area contributed by atoms with Gasteiger partial charge in [-0.2, -0.15) is 0 Å². The van der Waals surface area contributed by atoms with Crippen molar-refractivity contribution in [3.8, 4) is 0 Å². The van der Waals surface area contributed by atoms with Gasteiger partial charge in [-0.15, -0.1) is 0 Å². The summed E-state index contributed by atoms with van der Waals surface area (Å²) in [5.41, 5.74) is 3.77. The van der Waals surface area contributed by atoms with E-state index in [-0.39, 0.29) is 12.0 Å². The van der Waals surface area contributed by atoms with Gasteiger partial charge >= 0.3 is 12.0 Å². The van der Waals surface area contributed by atoms with Gasteiger partial charge in [-0.05, 0) is 49.2 Å². The van der Waals surface area contributed by atoms with Crippen molar-refractivity contribution >= 4 is 17.7 Å². The van der Waals surface area contributed by atoms with Crippen LogP contribution >= 0.6 is 0 Å². The Kier molecular flexibility index (Phi) is 7.67. The molecule has 0 atom stereocenters. The Morgan fingerprint density at radius 2 is 1.81 bits per heavy atom. The number of carbonyl (C=O) groups excluding carboxylic acids is 2. The first-order valence-electron chi connectivity index (χ1n) is 9.04. The highest BCUT2D eigenvalue weighted by molar-refractivity contribution is 5.89. The average molecular weight is 369 g/mol. The first-order chi connectivity index (χ1) is 13.0. The van der Waals surface area contributed by atoms with Gasteiger partial charge in [0.1, 0.15) is 0 Å². The lowest BCUT2D eigenvalue weighted by molar-refractivity contribution is 0.0600. The number of hydrogen-bond donors (Lipinski definition) is 2. The lowest BCUT2D eigenvalue weighted by Crippen LogP contribution is -2.40. The van der Waals surface area contributed by atoms with E-state index < -0.39 is 0 Å². The fraction of sp³-hybridized carbons (Fsp3) is 0.333. The van der Waals surface area contributed by atoms with Crippen molar-refractivity contribution in [2.24, 2.45) is 0 Å². The summed E-state index contributed by atoms with van der Waals surface area (Å²) < 4.78 is 4.66. The van der Waals surface area contributed by atoms with E-state index in [0.29, 0.717) is 18.7 Å². The molecule has 0 bridgehead atoms. The summed E-state index contributed by atoms with van der Waals surface area (Å²) in [7, 11) is 1.35. The van der Waals surface area contributed by atoms with Gasteiger partial charge in [-0.25, -0.2) is 9.59 Å². The van der Waals surface area contributed by atoms with E-state index in [0.717, 1.165) is 24.3 Å². The number of methoxy groups -OCH3 is 1. The van der Waals surface area contributed by atoms with Crippen LogP contribution in [0.4, 0.5) is 10.5 Å². The van der Waals surface area contributed by atoms with E-state index in [1.54, 1.807) is 24.3 Å². The van der Waals surface area contributed by atoms with E-state index in [9.17, 15) is 9.59 Å². The third-order valence-electron chi connectivity index (χ3n) is 4.24. The van der Waals surface area contributed by atoms with Gasteiger partial charge in [-0.3, -0.25) is 0 Å². The highest BCUT2D eigenvalue weighted by atomic mass is 16.5. The van der Waals surface area contributed by atoms with Crippen LogP contribution in [0.1, 0.15) is 28.4 Å². The lowest BCUT2D eigenvalue weighted by atomic mass is 10.1. The van der Waals surface area contributed by atoms with E-state index in [1.807, 2.05) is 6.07 Å². The summed E-state index contributed by atoms with van der Waals surface area (Å²) in [6.07, 6.45) is 0. The maximum absolute atomic E-state index is 12.0. The van der Waals surface area contributed by atoms with Crippen molar-refractivity contribution in [2.45, 2.75) is 20.4 Å². The SMILES string of the molecule is CCN(CCNC(=O)NCc1ccc(C(=O)OC)cc1)c1cccc(C)c1. The molecule has 6 heteroatoms. The molecule has 2 amide bonds. The van der Waals surface area contributed by atoms with Gasteiger partial charge in [0.15, 0.2) is 0 Å². The minimum Gasteiger partial charge on any atom is -0.465 e. The molecule has 2 aromatic carbocycles. The zero-order chi connectivity index (χ0) is 19.6. The second kappa shape index (κ2) is 10.2. The van der Waals surface area contributed by atoms with Crippen molar-refractivity contribution in [1.82, 2.24) is 10.6 Å². The summed E-state index contributed by atoms with van der Waals surface area (Å²) in [6, 6.07) is 15.1. The molecule has 0 aliphatic carbocycles. The quantitative estimate of drug-likeness (QED) is 0.702. The average Bonchev–Trinajstić information content (AvgIpc) is 2.69. The van der Waals surface area contributed by atoms with Gasteiger partial charge in [0.05, 0.1) is 12.7 Å². The molecule has 144 valence electrons. The third kappa shape index (κ3) is 6.33. The molecular weight excluding hydrogens is 342 g/mol. The summed E-state index contributed by atoms with van der Waals surface area (Å²) in [4.78, 5) is 25.6. The van der Waals surface area contributed by atoms with Gasteiger partial charge < -0.3 is 20.3 Å². The number of benzene rings is 2. The Labute approximate surface area is 160 Å². The highest BCUT2D eigenvalue weighted by Crippen LogP contribution is 2.14. The van der Waals surface area contributed by atoms with Gasteiger partial charge in [0.2, 0.25) is 0 Å². The lowest BCUT2D eigenvalue weighted by Gasteiger charge is -2.23. The van der Waals surface area contributed by atoms with E-state index in [2.05, 4.69) is 52.3 Å². The molecule has 2 aromatic rings. The number of rotatable bonds is 8. The second-order valence-electron chi connectivity index (χ2n) is 6.22. The molecule has 0 saturated heterocycles. The van der Waals surface area contributed by atoms with Gasteiger partial charge in [0.25, 0.3) is 0 Å². The number of esters is 1. The Bertz CT molecular complexity index is 760. The number of urea groups is 1. The number of hydrogen-bond acceptors (Lipinski definition) is 4. The molecule has 2 N–H and O–H groups in total. The van der Waals surface area contributed by atoms with Crippen LogP contribution in [-0.2, 0) is 11.3 Å². The Morgan fingerprint density at radius 3 is 2.44 bits per heavy atom. The number of ether oxygens (including phenoxy) is 1. The highest BCUT2D eigenvalue weighted by Gasteiger charge is 2.07. The van der Waals surface area contributed by atoms with E-state index in [4.69, 9.17) is 0 Å². The number of nitrogens with one attached hydrogen (secondary N) is 2. The minimum atomic E-state index is -0.374. The predicted octanol–water partition coefficient (Wildman–Crippen LogP) is 3.11. The third-order valence-corrected chi connectivity index (χ3v) is 4.24. The van der Waals surface area contributed by atoms with Crippen molar-refractivity contribution in [3.63, 3.8) is 0 Å². The molecule has 0 radical (unpaired) electrons. The molecule has 0 unspecified atom stereocenters. The first kappa shape index (κ1) is 20.3. The molecule has 0 aliphatic rings. The maximum Gasteiger partial charge on any atom is 0.337 e. The molecule has 0 heterocycles. The zero-order valence-electron chi connectivity index (χ0n) is 16.1. The number of anilines is 1. The van der Waals surface area contributed by atoms with E-state index >= 15 is 0 Å². The maximum atomic E-state index is 12.0. The Hall–Kier alpha value is -3.02. The second-order valence-corrected chi connectivity index (χ2v) is 6.22. The number of carbonyl (C=O) groups is 2. The van der Waals surface area contributed by atoms with Crippen LogP contribution in [0, 0.1) is 6.92 Å². The number of nitrogens with zero attached hydrogens (tertiary/aromatic N) is 1. The number of likely N-dealkylation sites (N-methyl/N-ethyl adjacent to an activating group) is 1. The summed E-state index contributed by atoms with van der Waals surface area (Å²) in [5.74, 6) is -0.374. The van der Waals surface area contributed by atoms with Crippen LogP contribution in [0.2, 0.25) is 0 Å². The Balaban J connectivity index is 1.75.